The molecule has 0 aromatic heterocycles. The number of hydrogen-bond donors (Lipinski definition) is 0. The maximum Gasteiger partial charge on any atom is -0.0201 e. The van der Waals surface area contributed by atoms with Gasteiger partial charge in [0, 0.05) is 0 Å². The van der Waals surface area contributed by atoms with Gasteiger partial charge in [0.05, 0.1) is 0 Å². The predicted octanol–water partition coefficient (Wildman–Crippen LogP) is 3.39. The third-order valence-corrected chi connectivity index (χ3v) is 2.58. The predicted molar refractivity (Wildman–Crippen MR) is 45.9 cm³/mol. The zero-order valence-electron chi connectivity index (χ0n) is 7.35. The highest BCUT2D eigenvalue weighted by molar-refractivity contribution is 5.10. The molecule has 0 unspecified atom stereocenters. The van der Waals surface area contributed by atoms with Crippen molar-refractivity contribution in [1.29, 1.82) is 0 Å². The van der Waals surface area contributed by atoms with Gasteiger partial charge >= 0.3 is 0 Å². The van der Waals surface area contributed by atoms with Crippen LogP contribution in [0.3, 0.4) is 0 Å². The third-order valence-electron chi connectivity index (χ3n) is 2.58. The molecule has 0 heterocycles. The summed E-state index contributed by atoms with van der Waals surface area (Å²) >= 11 is 0. The van der Waals surface area contributed by atoms with Crippen molar-refractivity contribution >= 4 is 0 Å². The molecule has 0 spiro atoms. The molecule has 0 nitrogen and oxygen atoms in total. The average Bonchev–Trinajstić information content (AvgIpc) is 1.76. The van der Waals surface area contributed by atoms with E-state index in [1.807, 2.05) is 0 Å². The Kier molecular flexibility index (Phi) is 2.53. The molecule has 0 bridgehead atoms. The molecule has 0 N–H and O–H groups in total. The lowest BCUT2D eigenvalue weighted by molar-refractivity contribution is 0.344. The molecule has 1 rings (SSSR count). The highest BCUT2D eigenvalue weighted by Gasteiger charge is 2.22. The molecule has 0 amide bonds. The van der Waals surface area contributed by atoms with Crippen LogP contribution in [0.25, 0.3) is 0 Å². The van der Waals surface area contributed by atoms with Crippen molar-refractivity contribution in [2.75, 3.05) is 0 Å². The Morgan fingerprint density at radius 1 is 1.40 bits per heavy atom. The van der Waals surface area contributed by atoms with Crippen LogP contribution in [0.2, 0.25) is 0 Å². The van der Waals surface area contributed by atoms with E-state index in [4.69, 9.17) is 0 Å². The van der Waals surface area contributed by atoms with Gasteiger partial charge in [0.2, 0.25) is 0 Å². The van der Waals surface area contributed by atoms with Gasteiger partial charge in [-0.05, 0) is 31.6 Å². The van der Waals surface area contributed by atoms with Crippen molar-refractivity contribution in [3.63, 3.8) is 0 Å². The van der Waals surface area contributed by atoms with Gasteiger partial charge < -0.3 is 0 Å². The van der Waals surface area contributed by atoms with Gasteiger partial charge in [0.25, 0.3) is 0 Å². The largest absolute Gasteiger partial charge is 0.0879 e. The summed E-state index contributed by atoms with van der Waals surface area (Å²) in [6.07, 6.45) is 6.65. The first-order chi connectivity index (χ1) is 4.75. The van der Waals surface area contributed by atoms with Crippen LogP contribution in [0.4, 0.5) is 0 Å². The lowest BCUT2D eigenvalue weighted by atomic mass is 9.76. The first kappa shape index (κ1) is 7.84. The normalized spacial score (nSPS) is 21.4. The Labute approximate surface area is 64.3 Å². The van der Waals surface area contributed by atoms with E-state index >= 15 is 0 Å². The molecule has 0 aromatic rings. The fourth-order valence-corrected chi connectivity index (χ4v) is 1.78. The molecule has 1 aliphatic carbocycles. The summed E-state index contributed by atoms with van der Waals surface area (Å²) in [7, 11) is 0. The van der Waals surface area contributed by atoms with E-state index in [0.717, 1.165) is 11.8 Å². The zero-order valence-corrected chi connectivity index (χ0v) is 7.35. The highest BCUT2D eigenvalue weighted by atomic mass is 14.3. The van der Waals surface area contributed by atoms with Crippen molar-refractivity contribution in [2.45, 2.75) is 40.0 Å². The van der Waals surface area contributed by atoms with Crippen LogP contribution >= 0.6 is 0 Å². The Hall–Kier alpha value is -0.260. The minimum atomic E-state index is 0.773. The molecule has 0 radical (unpaired) electrons. The maximum atomic E-state index is 2.31. The van der Waals surface area contributed by atoms with Crippen LogP contribution in [0.1, 0.15) is 40.0 Å². The fourth-order valence-electron chi connectivity index (χ4n) is 1.78. The minimum absolute atomic E-state index is 0.773. The number of hydrogen-bond acceptors (Lipinski definition) is 0. The van der Waals surface area contributed by atoms with Crippen molar-refractivity contribution in [3.05, 3.63) is 11.6 Å². The second kappa shape index (κ2) is 3.23. The summed E-state index contributed by atoms with van der Waals surface area (Å²) in [4.78, 5) is 0. The van der Waals surface area contributed by atoms with Crippen LogP contribution in [-0.2, 0) is 0 Å². The first-order valence-corrected chi connectivity index (χ1v) is 4.41. The van der Waals surface area contributed by atoms with E-state index < -0.39 is 0 Å². The van der Waals surface area contributed by atoms with Crippen LogP contribution in [0, 0.1) is 11.8 Å². The molecule has 0 aromatic carbocycles. The standard InChI is InChI=1S/C10H18/c1-4-10(8(2)3)9-6-5-7-9/h4,8-9H,5-7H2,1-3H3. The van der Waals surface area contributed by atoms with E-state index in [1.165, 1.54) is 19.3 Å². The second-order valence-electron chi connectivity index (χ2n) is 3.57. The Morgan fingerprint density at radius 2 is 2.00 bits per heavy atom. The molecule has 1 fully saturated rings. The SMILES string of the molecule is CC=C(C(C)C)C1CCC1. The summed E-state index contributed by atoms with van der Waals surface area (Å²) in [5, 5.41) is 0. The topological polar surface area (TPSA) is 0 Å². The van der Waals surface area contributed by atoms with Gasteiger partial charge in [0.15, 0.2) is 0 Å². The number of allylic oxidation sites excluding steroid dienone is 2. The summed E-state index contributed by atoms with van der Waals surface area (Å²) < 4.78 is 0. The third kappa shape index (κ3) is 1.42. The highest BCUT2D eigenvalue weighted by Crippen LogP contribution is 2.36. The number of rotatable bonds is 2. The quantitative estimate of drug-likeness (QED) is 0.513. The molecule has 0 aliphatic heterocycles. The fraction of sp³-hybridized carbons (Fsp3) is 0.800. The van der Waals surface area contributed by atoms with Gasteiger partial charge in [-0.2, -0.15) is 0 Å². The van der Waals surface area contributed by atoms with E-state index in [9.17, 15) is 0 Å². The lowest BCUT2D eigenvalue weighted by Crippen LogP contribution is -2.16. The summed E-state index contributed by atoms with van der Waals surface area (Å²) in [6.45, 7) is 6.77. The molecular weight excluding hydrogens is 120 g/mol. The average molecular weight is 138 g/mol. The van der Waals surface area contributed by atoms with Crippen LogP contribution in [0.5, 0.6) is 0 Å². The molecule has 10 heavy (non-hydrogen) atoms. The molecule has 0 atom stereocenters. The summed E-state index contributed by atoms with van der Waals surface area (Å²) in [6, 6.07) is 0. The maximum absolute atomic E-state index is 2.31. The molecule has 0 saturated heterocycles. The van der Waals surface area contributed by atoms with E-state index in [1.54, 1.807) is 5.57 Å². The van der Waals surface area contributed by atoms with E-state index in [-0.39, 0.29) is 0 Å². The van der Waals surface area contributed by atoms with Gasteiger partial charge in [-0.1, -0.05) is 31.9 Å². The van der Waals surface area contributed by atoms with Crippen LogP contribution in [0.15, 0.2) is 11.6 Å². The van der Waals surface area contributed by atoms with Gasteiger partial charge in [-0.15, -0.1) is 0 Å². The summed E-state index contributed by atoms with van der Waals surface area (Å²) in [5.41, 5.74) is 1.69. The van der Waals surface area contributed by atoms with Crippen molar-refractivity contribution in [2.24, 2.45) is 11.8 Å². The van der Waals surface area contributed by atoms with Crippen molar-refractivity contribution in [1.82, 2.24) is 0 Å². The van der Waals surface area contributed by atoms with Crippen LogP contribution in [-0.4, -0.2) is 0 Å². The smallest absolute Gasteiger partial charge is 0.0201 e. The Balaban J connectivity index is 2.48. The van der Waals surface area contributed by atoms with Crippen LogP contribution < -0.4 is 0 Å². The Bertz CT molecular complexity index is 127. The van der Waals surface area contributed by atoms with E-state index in [0.29, 0.717) is 0 Å². The lowest BCUT2D eigenvalue weighted by Gasteiger charge is -2.30. The van der Waals surface area contributed by atoms with Gasteiger partial charge in [0.1, 0.15) is 0 Å². The second-order valence-corrected chi connectivity index (χ2v) is 3.57. The molecule has 0 heteroatoms. The molecule has 1 saturated carbocycles. The molecular formula is C10H18. The minimum Gasteiger partial charge on any atom is -0.0879 e. The van der Waals surface area contributed by atoms with Crippen molar-refractivity contribution < 1.29 is 0 Å². The molecule has 1 aliphatic rings. The van der Waals surface area contributed by atoms with Gasteiger partial charge in [-0.3, -0.25) is 0 Å². The van der Waals surface area contributed by atoms with Gasteiger partial charge in [-0.25, -0.2) is 0 Å². The van der Waals surface area contributed by atoms with Crippen molar-refractivity contribution in [3.8, 4) is 0 Å². The Morgan fingerprint density at radius 3 is 2.10 bits per heavy atom. The summed E-state index contributed by atoms with van der Waals surface area (Å²) in [5.74, 6) is 1.72. The zero-order chi connectivity index (χ0) is 7.56. The van der Waals surface area contributed by atoms with E-state index in [2.05, 4.69) is 26.8 Å². The molecule has 58 valence electrons. The first-order valence-electron chi connectivity index (χ1n) is 4.41. The monoisotopic (exact) mass is 138 g/mol.